The predicted molar refractivity (Wildman–Crippen MR) is 53.8 cm³/mol. The van der Waals surface area contributed by atoms with Gasteiger partial charge in [-0.25, -0.2) is 4.98 Å². The van der Waals surface area contributed by atoms with Crippen molar-refractivity contribution in [2.75, 3.05) is 26.1 Å². The van der Waals surface area contributed by atoms with Crippen molar-refractivity contribution >= 4 is 11.9 Å². The number of carbonyl (C=O) groups is 1. The summed E-state index contributed by atoms with van der Waals surface area (Å²) in [6.07, 6.45) is 0. The number of rotatable bonds is 4. The molecular formula is C9H13N3O3. The molecule has 0 aliphatic carbocycles. The van der Waals surface area contributed by atoms with E-state index in [2.05, 4.69) is 20.0 Å². The number of nitrogens with zero attached hydrogens (tertiary/aromatic N) is 2. The molecule has 6 nitrogen and oxygen atoms in total. The van der Waals surface area contributed by atoms with Gasteiger partial charge in [-0.3, -0.25) is 4.79 Å². The van der Waals surface area contributed by atoms with Gasteiger partial charge in [0.2, 0.25) is 11.8 Å². The Kier molecular flexibility index (Phi) is 3.84. The molecule has 0 radical (unpaired) electrons. The average Bonchev–Trinajstić information content (AvgIpc) is 2.25. The number of hydrogen-bond acceptors (Lipinski definition) is 6. The second kappa shape index (κ2) is 5.14. The van der Waals surface area contributed by atoms with Crippen LogP contribution >= 0.6 is 0 Å². The van der Waals surface area contributed by atoms with Crippen LogP contribution in [-0.4, -0.2) is 36.7 Å². The molecule has 82 valence electrons. The smallest absolute Gasteiger partial charge is 0.325 e. The number of hydrogen-bond donors (Lipinski definition) is 1. The van der Waals surface area contributed by atoms with Crippen LogP contribution in [0.4, 0.5) is 5.95 Å². The van der Waals surface area contributed by atoms with E-state index in [4.69, 9.17) is 4.74 Å². The molecule has 0 fully saturated rings. The van der Waals surface area contributed by atoms with Gasteiger partial charge in [-0.05, 0) is 6.92 Å². The molecular weight excluding hydrogens is 198 g/mol. The molecule has 0 bridgehead atoms. The lowest BCUT2D eigenvalue weighted by atomic mass is 10.4. The SMILES string of the molecule is COC(=O)CNc1nc(C)cc(OC)n1. The number of aromatic nitrogens is 2. The lowest BCUT2D eigenvalue weighted by molar-refractivity contribution is -0.138. The van der Waals surface area contributed by atoms with Gasteiger partial charge >= 0.3 is 5.97 Å². The third-order valence-corrected chi connectivity index (χ3v) is 1.66. The minimum atomic E-state index is -0.376. The number of ether oxygens (including phenoxy) is 2. The Hall–Kier alpha value is -1.85. The summed E-state index contributed by atoms with van der Waals surface area (Å²) in [6, 6.07) is 1.70. The summed E-state index contributed by atoms with van der Waals surface area (Å²) >= 11 is 0. The summed E-state index contributed by atoms with van der Waals surface area (Å²) in [7, 11) is 2.84. The molecule has 1 aromatic heterocycles. The van der Waals surface area contributed by atoms with E-state index in [1.54, 1.807) is 6.07 Å². The Labute approximate surface area is 87.6 Å². The molecule has 1 aromatic rings. The Morgan fingerprint density at radius 2 is 2.20 bits per heavy atom. The van der Waals surface area contributed by atoms with Crippen molar-refractivity contribution in [1.82, 2.24) is 9.97 Å². The van der Waals surface area contributed by atoms with Gasteiger partial charge in [0.15, 0.2) is 0 Å². The molecule has 1 rings (SSSR count). The fraction of sp³-hybridized carbons (Fsp3) is 0.444. The van der Waals surface area contributed by atoms with Gasteiger partial charge in [0.1, 0.15) is 6.54 Å². The van der Waals surface area contributed by atoms with Gasteiger partial charge in [-0.1, -0.05) is 0 Å². The van der Waals surface area contributed by atoms with Gasteiger partial charge in [0, 0.05) is 11.8 Å². The molecule has 1 heterocycles. The summed E-state index contributed by atoms with van der Waals surface area (Å²) < 4.78 is 9.43. The normalized spacial score (nSPS) is 9.53. The first-order valence-electron chi connectivity index (χ1n) is 4.36. The molecule has 0 saturated carbocycles. The highest BCUT2D eigenvalue weighted by molar-refractivity contribution is 5.74. The number of aryl methyl sites for hydroxylation is 1. The van der Waals surface area contributed by atoms with Crippen molar-refractivity contribution in [3.8, 4) is 5.88 Å². The summed E-state index contributed by atoms with van der Waals surface area (Å²) in [4.78, 5) is 18.9. The minimum Gasteiger partial charge on any atom is -0.481 e. The van der Waals surface area contributed by atoms with Crippen LogP contribution in [0.15, 0.2) is 6.07 Å². The first-order chi connectivity index (χ1) is 7.15. The van der Waals surface area contributed by atoms with Crippen molar-refractivity contribution < 1.29 is 14.3 Å². The monoisotopic (exact) mass is 211 g/mol. The number of anilines is 1. The maximum atomic E-state index is 10.9. The summed E-state index contributed by atoms with van der Waals surface area (Å²) in [6.45, 7) is 1.84. The van der Waals surface area contributed by atoms with Crippen LogP contribution in [0.25, 0.3) is 0 Å². The molecule has 6 heteroatoms. The third-order valence-electron chi connectivity index (χ3n) is 1.66. The largest absolute Gasteiger partial charge is 0.481 e. The van der Waals surface area contributed by atoms with Crippen LogP contribution in [-0.2, 0) is 9.53 Å². The van der Waals surface area contributed by atoms with E-state index in [0.29, 0.717) is 11.8 Å². The second-order valence-corrected chi connectivity index (χ2v) is 2.80. The van der Waals surface area contributed by atoms with Crippen molar-refractivity contribution in [3.63, 3.8) is 0 Å². The van der Waals surface area contributed by atoms with Gasteiger partial charge in [-0.2, -0.15) is 4.98 Å². The Morgan fingerprint density at radius 1 is 1.47 bits per heavy atom. The molecule has 0 amide bonds. The highest BCUT2D eigenvalue weighted by atomic mass is 16.5. The van der Waals surface area contributed by atoms with Crippen LogP contribution in [0, 0.1) is 6.92 Å². The zero-order valence-corrected chi connectivity index (χ0v) is 8.90. The van der Waals surface area contributed by atoms with Gasteiger partial charge < -0.3 is 14.8 Å². The minimum absolute atomic E-state index is 0.0309. The van der Waals surface area contributed by atoms with Crippen LogP contribution in [0.5, 0.6) is 5.88 Å². The first kappa shape index (κ1) is 11.2. The maximum Gasteiger partial charge on any atom is 0.325 e. The maximum absolute atomic E-state index is 10.9. The van der Waals surface area contributed by atoms with E-state index in [-0.39, 0.29) is 12.5 Å². The van der Waals surface area contributed by atoms with E-state index >= 15 is 0 Å². The molecule has 0 aliphatic rings. The zero-order valence-electron chi connectivity index (χ0n) is 8.90. The quantitative estimate of drug-likeness (QED) is 0.726. The van der Waals surface area contributed by atoms with Crippen LogP contribution in [0.1, 0.15) is 5.69 Å². The number of esters is 1. The van der Waals surface area contributed by atoms with E-state index in [1.807, 2.05) is 6.92 Å². The molecule has 0 saturated heterocycles. The molecule has 0 aromatic carbocycles. The van der Waals surface area contributed by atoms with Crippen LogP contribution in [0.3, 0.4) is 0 Å². The number of carbonyl (C=O) groups excluding carboxylic acids is 1. The summed E-state index contributed by atoms with van der Waals surface area (Å²) in [5.41, 5.74) is 0.759. The standard InChI is InChI=1S/C9H13N3O3/c1-6-4-7(14-2)12-9(11-6)10-5-8(13)15-3/h4H,5H2,1-3H3,(H,10,11,12). The summed E-state index contributed by atoms with van der Waals surface area (Å²) in [5.74, 6) is 0.422. The lowest BCUT2D eigenvalue weighted by Gasteiger charge is -2.06. The molecule has 1 N–H and O–H groups in total. The number of nitrogens with one attached hydrogen (secondary N) is 1. The molecule has 0 spiro atoms. The summed E-state index contributed by atoms with van der Waals surface area (Å²) in [5, 5.41) is 2.73. The molecule has 15 heavy (non-hydrogen) atoms. The first-order valence-corrected chi connectivity index (χ1v) is 4.36. The van der Waals surface area contributed by atoms with Gasteiger partial charge in [-0.15, -0.1) is 0 Å². The average molecular weight is 211 g/mol. The van der Waals surface area contributed by atoms with Crippen molar-refractivity contribution in [1.29, 1.82) is 0 Å². The van der Waals surface area contributed by atoms with Crippen LogP contribution < -0.4 is 10.1 Å². The second-order valence-electron chi connectivity index (χ2n) is 2.80. The van der Waals surface area contributed by atoms with Gasteiger partial charge in [0.05, 0.1) is 14.2 Å². The Balaban J connectivity index is 2.68. The van der Waals surface area contributed by atoms with Gasteiger partial charge in [0.25, 0.3) is 0 Å². The number of methoxy groups -OCH3 is 2. The predicted octanol–water partition coefficient (Wildman–Crippen LogP) is 0.379. The fourth-order valence-corrected chi connectivity index (χ4v) is 0.947. The third kappa shape index (κ3) is 3.41. The molecule has 0 unspecified atom stereocenters. The zero-order chi connectivity index (χ0) is 11.3. The van der Waals surface area contributed by atoms with E-state index in [0.717, 1.165) is 5.69 Å². The van der Waals surface area contributed by atoms with E-state index in [9.17, 15) is 4.79 Å². The van der Waals surface area contributed by atoms with Crippen LogP contribution in [0.2, 0.25) is 0 Å². The lowest BCUT2D eigenvalue weighted by Crippen LogP contribution is -2.16. The topological polar surface area (TPSA) is 73.3 Å². The van der Waals surface area contributed by atoms with Crippen molar-refractivity contribution in [2.45, 2.75) is 6.92 Å². The van der Waals surface area contributed by atoms with E-state index < -0.39 is 0 Å². The Morgan fingerprint density at radius 3 is 2.80 bits per heavy atom. The molecule has 0 aliphatic heterocycles. The van der Waals surface area contributed by atoms with E-state index in [1.165, 1.54) is 14.2 Å². The van der Waals surface area contributed by atoms with Crippen molar-refractivity contribution in [2.24, 2.45) is 0 Å². The fourth-order valence-electron chi connectivity index (χ4n) is 0.947. The van der Waals surface area contributed by atoms with Crippen molar-refractivity contribution in [3.05, 3.63) is 11.8 Å². The highest BCUT2D eigenvalue weighted by Gasteiger charge is 2.04. The highest BCUT2D eigenvalue weighted by Crippen LogP contribution is 2.10. The molecule has 0 atom stereocenters. The Bertz CT molecular complexity index is 354.